The Bertz CT molecular complexity index is 543. The van der Waals surface area contributed by atoms with Gasteiger partial charge in [0.05, 0.1) is 11.6 Å². The number of hydrogen-bond acceptors (Lipinski definition) is 3. The van der Waals surface area contributed by atoms with Crippen LogP contribution < -0.4 is 9.64 Å². The van der Waals surface area contributed by atoms with Crippen LogP contribution >= 0.6 is 15.9 Å². The molecule has 1 amide bonds. The second kappa shape index (κ2) is 5.95. The molecule has 100 valence electrons. The molecule has 19 heavy (non-hydrogen) atoms. The zero-order valence-electron chi connectivity index (χ0n) is 10.4. The van der Waals surface area contributed by atoms with Crippen LogP contribution in [0.3, 0.4) is 0 Å². The topological polar surface area (TPSA) is 78.3 Å². The number of amides is 1. The molecule has 7 heteroatoms. The molecule has 1 aliphatic rings. The van der Waals surface area contributed by atoms with Crippen LogP contribution in [0.2, 0.25) is 0 Å². The summed E-state index contributed by atoms with van der Waals surface area (Å²) in [7, 11) is 1.59. The van der Waals surface area contributed by atoms with Gasteiger partial charge in [0, 0.05) is 30.1 Å². The third-order valence-electron chi connectivity index (χ3n) is 3.06. The van der Waals surface area contributed by atoms with Crippen LogP contribution in [0.5, 0.6) is 5.75 Å². The highest BCUT2D eigenvalue weighted by Crippen LogP contribution is 2.32. The van der Waals surface area contributed by atoms with E-state index in [4.69, 9.17) is 10.3 Å². The van der Waals surface area contributed by atoms with Crippen LogP contribution in [0, 0.1) is 5.92 Å². The fourth-order valence-electron chi connectivity index (χ4n) is 2.13. The lowest BCUT2D eigenvalue weighted by atomic mass is 10.1. The molecule has 2 rings (SSSR count). The van der Waals surface area contributed by atoms with Crippen LogP contribution in [-0.4, -0.2) is 26.1 Å². The zero-order valence-corrected chi connectivity index (χ0v) is 12.0. The standard InChI is InChI=1S/C12H13BrN4O2/c1-19-11-3-2-9(5-10(11)13)17-7-8(4-12(17)18)6-15-16-14/h2-3,5,8H,4,6-7H2,1H3. The molecule has 1 aromatic rings. The first-order chi connectivity index (χ1) is 9.15. The average Bonchev–Trinajstić information content (AvgIpc) is 2.77. The fourth-order valence-corrected chi connectivity index (χ4v) is 2.66. The number of hydrogen-bond donors (Lipinski definition) is 0. The van der Waals surface area contributed by atoms with Gasteiger partial charge in [0.2, 0.25) is 5.91 Å². The number of ether oxygens (including phenoxy) is 1. The molecular formula is C12H13BrN4O2. The number of rotatable bonds is 4. The van der Waals surface area contributed by atoms with Crippen molar-refractivity contribution < 1.29 is 9.53 Å². The fraction of sp³-hybridized carbons (Fsp3) is 0.417. The molecule has 0 aromatic heterocycles. The van der Waals surface area contributed by atoms with E-state index in [9.17, 15) is 4.79 Å². The maximum atomic E-state index is 12.0. The lowest BCUT2D eigenvalue weighted by Gasteiger charge is -2.17. The molecule has 0 bridgehead atoms. The number of anilines is 1. The molecule has 0 radical (unpaired) electrons. The first-order valence-electron chi connectivity index (χ1n) is 5.80. The summed E-state index contributed by atoms with van der Waals surface area (Å²) in [6.07, 6.45) is 0.419. The van der Waals surface area contributed by atoms with Gasteiger partial charge in [-0.2, -0.15) is 0 Å². The molecule has 1 saturated heterocycles. The molecule has 1 unspecified atom stereocenters. The van der Waals surface area contributed by atoms with Crippen molar-refractivity contribution in [2.75, 3.05) is 25.1 Å². The van der Waals surface area contributed by atoms with Gasteiger partial charge in [-0.1, -0.05) is 5.11 Å². The molecule has 1 atom stereocenters. The summed E-state index contributed by atoms with van der Waals surface area (Å²) in [6, 6.07) is 5.51. The number of benzene rings is 1. The molecule has 0 spiro atoms. The quantitative estimate of drug-likeness (QED) is 0.484. The van der Waals surface area contributed by atoms with E-state index in [0.717, 1.165) is 15.9 Å². The molecule has 1 heterocycles. The molecule has 6 nitrogen and oxygen atoms in total. The summed E-state index contributed by atoms with van der Waals surface area (Å²) >= 11 is 3.40. The number of carbonyl (C=O) groups is 1. The van der Waals surface area contributed by atoms with Crippen LogP contribution in [0.15, 0.2) is 27.8 Å². The third-order valence-corrected chi connectivity index (χ3v) is 3.67. The number of nitrogens with zero attached hydrogens (tertiary/aromatic N) is 4. The van der Waals surface area contributed by atoms with Gasteiger partial charge in [0.15, 0.2) is 0 Å². The van der Waals surface area contributed by atoms with Gasteiger partial charge in [-0.3, -0.25) is 4.79 Å². The average molecular weight is 325 g/mol. The van der Waals surface area contributed by atoms with Crippen molar-refractivity contribution in [2.24, 2.45) is 11.0 Å². The Hall–Kier alpha value is -1.72. The highest BCUT2D eigenvalue weighted by atomic mass is 79.9. The van der Waals surface area contributed by atoms with Gasteiger partial charge in [0.1, 0.15) is 5.75 Å². The maximum absolute atomic E-state index is 12.0. The Morgan fingerprint density at radius 2 is 2.42 bits per heavy atom. The minimum absolute atomic E-state index is 0.0511. The first-order valence-corrected chi connectivity index (χ1v) is 6.59. The minimum atomic E-state index is 0.0511. The summed E-state index contributed by atoms with van der Waals surface area (Å²) in [6.45, 7) is 0.937. The Morgan fingerprint density at radius 1 is 1.63 bits per heavy atom. The van der Waals surface area contributed by atoms with Crippen molar-refractivity contribution in [3.8, 4) is 5.75 Å². The molecule has 1 aliphatic heterocycles. The van der Waals surface area contributed by atoms with Crippen molar-refractivity contribution in [1.82, 2.24) is 0 Å². The lowest BCUT2D eigenvalue weighted by molar-refractivity contribution is -0.117. The molecule has 1 aromatic carbocycles. The van der Waals surface area contributed by atoms with Crippen molar-refractivity contribution in [3.05, 3.63) is 33.1 Å². The molecule has 1 fully saturated rings. The molecular weight excluding hydrogens is 312 g/mol. The largest absolute Gasteiger partial charge is 0.496 e. The monoisotopic (exact) mass is 324 g/mol. The van der Waals surface area contributed by atoms with Gasteiger partial charge in [-0.25, -0.2) is 0 Å². The molecule has 0 saturated carbocycles. The van der Waals surface area contributed by atoms with Gasteiger partial charge in [-0.15, -0.1) is 0 Å². The normalized spacial score (nSPS) is 18.3. The van der Waals surface area contributed by atoms with E-state index in [2.05, 4.69) is 26.0 Å². The highest BCUT2D eigenvalue weighted by Gasteiger charge is 2.30. The summed E-state index contributed by atoms with van der Waals surface area (Å²) in [5, 5.41) is 3.53. The third kappa shape index (κ3) is 3.00. The van der Waals surface area contributed by atoms with E-state index in [-0.39, 0.29) is 11.8 Å². The van der Waals surface area contributed by atoms with Crippen LogP contribution in [0.25, 0.3) is 10.4 Å². The van der Waals surface area contributed by atoms with E-state index in [0.29, 0.717) is 19.5 Å². The van der Waals surface area contributed by atoms with Gasteiger partial charge >= 0.3 is 0 Å². The summed E-state index contributed by atoms with van der Waals surface area (Å²) in [5.41, 5.74) is 9.13. The maximum Gasteiger partial charge on any atom is 0.227 e. The second-order valence-corrected chi connectivity index (χ2v) is 5.16. The van der Waals surface area contributed by atoms with Crippen molar-refractivity contribution >= 4 is 27.5 Å². The molecule has 0 aliphatic carbocycles. The van der Waals surface area contributed by atoms with Crippen molar-refractivity contribution in [2.45, 2.75) is 6.42 Å². The summed E-state index contributed by atoms with van der Waals surface area (Å²) in [5.74, 6) is 0.862. The van der Waals surface area contributed by atoms with Crippen LogP contribution in [0.4, 0.5) is 5.69 Å². The number of azide groups is 1. The van der Waals surface area contributed by atoms with Crippen LogP contribution in [-0.2, 0) is 4.79 Å². The van der Waals surface area contributed by atoms with Gasteiger partial charge in [0.25, 0.3) is 0 Å². The van der Waals surface area contributed by atoms with E-state index in [1.54, 1.807) is 12.0 Å². The Balaban J connectivity index is 2.16. The molecule has 0 N–H and O–H groups in total. The van der Waals surface area contributed by atoms with Crippen molar-refractivity contribution in [1.29, 1.82) is 0 Å². The Labute approximate surface area is 119 Å². The predicted molar refractivity (Wildman–Crippen MR) is 75.2 cm³/mol. The Kier molecular flexibility index (Phi) is 4.29. The smallest absolute Gasteiger partial charge is 0.227 e. The Morgan fingerprint density at radius 3 is 3.05 bits per heavy atom. The number of halogens is 1. The zero-order chi connectivity index (χ0) is 13.8. The summed E-state index contributed by atoms with van der Waals surface area (Å²) < 4.78 is 5.96. The SMILES string of the molecule is COc1ccc(N2CC(CN=[N+]=[N-])CC2=O)cc1Br. The predicted octanol–water partition coefficient (Wildman–Crippen LogP) is 3.12. The van der Waals surface area contributed by atoms with Gasteiger partial charge in [-0.05, 0) is 45.6 Å². The summed E-state index contributed by atoms with van der Waals surface area (Å²) in [4.78, 5) is 16.4. The van der Waals surface area contributed by atoms with E-state index in [1.165, 1.54) is 0 Å². The highest BCUT2D eigenvalue weighted by molar-refractivity contribution is 9.10. The number of methoxy groups -OCH3 is 1. The first kappa shape index (κ1) is 13.7. The lowest BCUT2D eigenvalue weighted by Crippen LogP contribution is -2.24. The second-order valence-electron chi connectivity index (χ2n) is 4.31. The van der Waals surface area contributed by atoms with E-state index in [1.807, 2.05) is 18.2 Å². The van der Waals surface area contributed by atoms with Crippen molar-refractivity contribution in [3.63, 3.8) is 0 Å². The number of carbonyl (C=O) groups excluding carboxylic acids is 1. The van der Waals surface area contributed by atoms with Crippen LogP contribution in [0.1, 0.15) is 6.42 Å². The van der Waals surface area contributed by atoms with Gasteiger partial charge < -0.3 is 9.64 Å². The van der Waals surface area contributed by atoms with E-state index >= 15 is 0 Å². The minimum Gasteiger partial charge on any atom is -0.496 e. The van der Waals surface area contributed by atoms with E-state index < -0.39 is 0 Å².